The number of carboxylic acids is 3. The van der Waals surface area contributed by atoms with Crippen LogP contribution in [0.5, 0.6) is 0 Å². The van der Waals surface area contributed by atoms with Gasteiger partial charge in [-0.25, -0.2) is 14.4 Å². The van der Waals surface area contributed by atoms with E-state index in [0.717, 1.165) is 69.4 Å². The largest absolute Gasteiger partial charge is 0.490 e. The summed E-state index contributed by atoms with van der Waals surface area (Å²) in [6.07, 6.45) is -13.0. The van der Waals surface area contributed by atoms with Crippen LogP contribution < -0.4 is 20.4 Å². The number of carboxylic acid groups (broad SMARTS) is 3. The third-order valence-electron chi connectivity index (χ3n) is 6.50. The number of carbonyl (C=O) groups excluding carboxylic acids is 1. The zero-order valence-electron chi connectivity index (χ0n) is 25.7. The Balaban J connectivity index is 0.000000486. The number of benzene rings is 1. The van der Waals surface area contributed by atoms with Gasteiger partial charge in [0.25, 0.3) is 5.91 Å². The van der Waals surface area contributed by atoms with Crippen molar-refractivity contribution in [3.8, 4) is 6.07 Å². The van der Waals surface area contributed by atoms with E-state index in [2.05, 4.69) is 39.5 Å². The zero-order chi connectivity index (χ0) is 38.4. The Kier molecular flexibility index (Phi) is 15.9. The summed E-state index contributed by atoms with van der Waals surface area (Å²) >= 11 is 0. The third kappa shape index (κ3) is 14.9. The summed E-state index contributed by atoms with van der Waals surface area (Å²) < 4.78 is 100. The number of rotatable bonds is 4. The molecular weight excluding hydrogens is 705 g/mol. The molecule has 1 aromatic carbocycles. The van der Waals surface area contributed by atoms with Crippen LogP contribution in [0, 0.1) is 17.2 Å². The third-order valence-corrected chi connectivity index (χ3v) is 6.50. The zero-order valence-corrected chi connectivity index (χ0v) is 25.7. The van der Waals surface area contributed by atoms with Gasteiger partial charge in [-0.2, -0.15) is 44.8 Å². The maximum absolute atomic E-state index is 12.7. The van der Waals surface area contributed by atoms with Gasteiger partial charge < -0.3 is 40.2 Å². The van der Waals surface area contributed by atoms with Crippen LogP contribution >= 0.6 is 0 Å². The molecule has 0 atom stereocenters. The van der Waals surface area contributed by atoms with Crippen LogP contribution in [0.25, 0.3) is 0 Å². The summed E-state index contributed by atoms with van der Waals surface area (Å²) in [5, 5.41) is 36.7. The lowest BCUT2D eigenvalue weighted by molar-refractivity contribution is -0.193. The Morgan fingerprint density at radius 2 is 1.26 bits per heavy atom. The molecule has 1 aromatic heterocycles. The lowest BCUT2D eigenvalue weighted by atomic mass is 9.98. The SMILES string of the molecule is CC1CCN(c2cc(N3CCNCC3)ccc2NC(=O)c2ccc(C#N)o2)CC1.O=C(O)C(F)(F)F.O=C(O)C(F)(F)F.O=C(O)C(F)(F)F. The van der Waals surface area contributed by atoms with Crippen LogP contribution in [0.4, 0.5) is 56.6 Å². The first-order valence-corrected chi connectivity index (χ1v) is 14.0. The topological polar surface area (TPSA) is 196 Å². The van der Waals surface area contributed by atoms with Gasteiger partial charge in [0.15, 0.2) is 5.76 Å². The maximum Gasteiger partial charge on any atom is 0.490 e. The molecular formula is C28H30F9N5O8. The minimum absolute atomic E-state index is 0.134. The van der Waals surface area contributed by atoms with E-state index in [9.17, 15) is 44.3 Å². The molecule has 3 heterocycles. The minimum Gasteiger partial charge on any atom is -0.475 e. The van der Waals surface area contributed by atoms with E-state index in [1.54, 1.807) is 0 Å². The highest BCUT2D eigenvalue weighted by Crippen LogP contribution is 2.34. The van der Waals surface area contributed by atoms with Gasteiger partial charge in [0.1, 0.15) is 6.07 Å². The monoisotopic (exact) mass is 735 g/mol. The molecule has 2 aliphatic rings. The molecule has 0 radical (unpaired) electrons. The van der Waals surface area contributed by atoms with E-state index in [0.29, 0.717) is 0 Å². The van der Waals surface area contributed by atoms with Crippen LogP contribution in [0.2, 0.25) is 0 Å². The van der Waals surface area contributed by atoms with E-state index < -0.39 is 36.4 Å². The van der Waals surface area contributed by atoms with Crippen LogP contribution in [0.1, 0.15) is 36.1 Å². The van der Waals surface area contributed by atoms with Gasteiger partial charge in [-0.1, -0.05) is 6.92 Å². The first-order valence-electron chi connectivity index (χ1n) is 14.0. The fraction of sp³-hybridized carbons (Fsp3) is 0.464. The van der Waals surface area contributed by atoms with Crippen molar-refractivity contribution in [2.24, 2.45) is 5.92 Å². The second-order valence-electron chi connectivity index (χ2n) is 10.2. The van der Waals surface area contributed by atoms with Crippen LogP contribution in [-0.4, -0.2) is 96.9 Å². The number of carbonyl (C=O) groups is 4. The fourth-order valence-electron chi connectivity index (χ4n) is 3.96. The molecule has 22 heteroatoms. The molecule has 0 unspecified atom stereocenters. The molecule has 0 saturated carbocycles. The predicted octanol–water partition coefficient (Wildman–Crippen LogP) is 4.95. The van der Waals surface area contributed by atoms with Crippen molar-refractivity contribution in [2.45, 2.75) is 38.3 Å². The van der Waals surface area contributed by atoms with E-state index in [1.807, 2.05) is 12.1 Å². The number of piperazine rings is 1. The Labute approximate surface area is 276 Å². The van der Waals surface area contributed by atoms with Gasteiger partial charge in [-0.15, -0.1) is 0 Å². The van der Waals surface area contributed by atoms with Crippen molar-refractivity contribution in [2.75, 3.05) is 54.4 Å². The quantitative estimate of drug-likeness (QED) is 0.266. The van der Waals surface area contributed by atoms with Gasteiger partial charge in [-0.05, 0) is 49.1 Å². The Morgan fingerprint density at radius 3 is 1.66 bits per heavy atom. The van der Waals surface area contributed by atoms with Crippen molar-refractivity contribution >= 4 is 40.9 Å². The molecule has 0 spiro atoms. The first kappa shape index (κ1) is 42.8. The highest BCUT2D eigenvalue weighted by atomic mass is 19.4. The number of anilines is 3. The molecule has 2 aliphatic heterocycles. The minimum atomic E-state index is -5.08. The van der Waals surface area contributed by atoms with Crippen LogP contribution in [0.15, 0.2) is 34.7 Å². The average Bonchev–Trinajstić information content (AvgIpc) is 3.52. The summed E-state index contributed by atoms with van der Waals surface area (Å²) in [7, 11) is 0. The number of hydrogen-bond acceptors (Lipinski definition) is 9. The number of furan rings is 1. The fourth-order valence-corrected chi connectivity index (χ4v) is 3.96. The number of halogens is 9. The van der Waals surface area contributed by atoms with Crippen LogP contribution in [-0.2, 0) is 14.4 Å². The van der Waals surface area contributed by atoms with E-state index in [-0.39, 0.29) is 17.4 Å². The number of alkyl halides is 9. The summed E-state index contributed by atoms with van der Waals surface area (Å²) in [5.41, 5.74) is 3.01. The van der Waals surface area contributed by atoms with E-state index in [1.165, 1.54) is 17.8 Å². The average molecular weight is 736 g/mol. The number of nitrogens with zero attached hydrogens (tertiary/aromatic N) is 3. The molecule has 13 nitrogen and oxygen atoms in total. The molecule has 50 heavy (non-hydrogen) atoms. The smallest absolute Gasteiger partial charge is 0.475 e. The van der Waals surface area contributed by atoms with Crippen LogP contribution in [0.3, 0.4) is 0 Å². The number of amides is 1. The highest BCUT2D eigenvalue weighted by molar-refractivity contribution is 6.04. The lowest BCUT2D eigenvalue weighted by Gasteiger charge is -2.35. The summed E-state index contributed by atoms with van der Waals surface area (Å²) in [4.78, 5) is 44.1. The lowest BCUT2D eigenvalue weighted by Crippen LogP contribution is -2.43. The Morgan fingerprint density at radius 1 is 0.800 bits per heavy atom. The van der Waals surface area contributed by atoms with Gasteiger partial charge in [0, 0.05) is 45.0 Å². The van der Waals surface area contributed by atoms with Gasteiger partial charge in [0.05, 0.1) is 11.4 Å². The van der Waals surface area contributed by atoms with E-state index >= 15 is 0 Å². The molecule has 4 rings (SSSR count). The second kappa shape index (κ2) is 18.5. The van der Waals surface area contributed by atoms with Crippen molar-refractivity contribution in [1.82, 2.24) is 5.32 Å². The molecule has 1 amide bonds. The molecule has 0 aliphatic carbocycles. The summed E-state index contributed by atoms with van der Waals surface area (Å²) in [6.45, 7) is 8.17. The Hall–Kier alpha value is -5.20. The number of piperidine rings is 1. The number of aliphatic carboxylic acids is 3. The number of nitriles is 1. The van der Waals surface area contributed by atoms with Gasteiger partial charge in [-0.3, -0.25) is 4.79 Å². The van der Waals surface area contributed by atoms with Crippen molar-refractivity contribution < 1.29 is 78.4 Å². The van der Waals surface area contributed by atoms with E-state index in [4.69, 9.17) is 39.4 Å². The second-order valence-corrected chi connectivity index (χ2v) is 10.2. The summed E-state index contributed by atoms with van der Waals surface area (Å²) in [5.74, 6) is -7.60. The number of hydrogen-bond donors (Lipinski definition) is 5. The van der Waals surface area contributed by atoms with Gasteiger partial charge >= 0.3 is 36.4 Å². The maximum atomic E-state index is 12.7. The number of nitrogens with one attached hydrogen (secondary N) is 2. The molecule has 278 valence electrons. The molecule has 5 N–H and O–H groups in total. The molecule has 2 saturated heterocycles. The summed E-state index contributed by atoms with van der Waals surface area (Å²) in [6, 6.07) is 11.2. The van der Waals surface area contributed by atoms with Crippen molar-refractivity contribution in [1.29, 1.82) is 5.26 Å². The van der Waals surface area contributed by atoms with Crippen molar-refractivity contribution in [3.63, 3.8) is 0 Å². The normalized spacial score (nSPS) is 15.1. The highest BCUT2D eigenvalue weighted by Gasteiger charge is 2.39. The molecule has 2 aromatic rings. The first-order chi connectivity index (χ1) is 23.0. The molecule has 2 fully saturated rings. The Bertz CT molecular complexity index is 1430. The van der Waals surface area contributed by atoms with Crippen molar-refractivity contribution in [3.05, 3.63) is 41.9 Å². The molecule has 0 bridgehead atoms. The standard InChI is InChI=1S/C22H27N5O2.3C2HF3O2/c1-16-6-10-27(11-7-16)20-14-17(26-12-8-24-9-13-26)2-4-19(20)25-22(28)21-5-3-18(15-23)29-21;3*3-2(4,5)1(6)7/h2-5,14,16,24H,6-13H2,1H3,(H,25,28);3*(H,6,7). The predicted molar refractivity (Wildman–Crippen MR) is 155 cm³/mol. The van der Waals surface area contributed by atoms with Gasteiger partial charge in [0.2, 0.25) is 5.76 Å².